The summed E-state index contributed by atoms with van der Waals surface area (Å²) in [7, 11) is 0. The molecule has 0 aromatic carbocycles. The molecule has 1 aliphatic heterocycles. The molecule has 0 spiro atoms. The first-order chi connectivity index (χ1) is 11.8. The van der Waals surface area contributed by atoms with Gasteiger partial charge in [0.05, 0.1) is 0 Å². The molecule has 3 unspecified atom stereocenters. The fraction of sp³-hybridized carbons (Fsp3) is 0.800. The van der Waals surface area contributed by atoms with Crippen LogP contribution in [-0.2, 0) is 14.3 Å². The topological polar surface area (TPSA) is 55.8 Å². The van der Waals surface area contributed by atoms with Crippen LogP contribution in [0.15, 0.2) is 12.7 Å². The first-order valence-electron chi connectivity index (χ1n) is 7.84. The Bertz CT molecular complexity index is 557. The average molecular weight is 394 g/mol. The predicted molar refractivity (Wildman–Crippen MR) is 72.4 cm³/mol. The molecular formula is C15H17F7O4. The van der Waals surface area contributed by atoms with Crippen molar-refractivity contribution in [3.8, 4) is 0 Å². The van der Waals surface area contributed by atoms with Gasteiger partial charge in [-0.3, -0.25) is 0 Å². The lowest BCUT2D eigenvalue weighted by atomic mass is 9.78. The summed E-state index contributed by atoms with van der Waals surface area (Å²) >= 11 is 0. The van der Waals surface area contributed by atoms with Gasteiger partial charge in [-0.2, -0.15) is 30.7 Å². The molecule has 0 aromatic rings. The van der Waals surface area contributed by atoms with Crippen LogP contribution in [0.25, 0.3) is 0 Å². The third kappa shape index (κ3) is 3.19. The van der Waals surface area contributed by atoms with E-state index in [9.17, 15) is 40.6 Å². The van der Waals surface area contributed by atoms with Crippen molar-refractivity contribution >= 4 is 5.97 Å². The lowest BCUT2D eigenvalue weighted by molar-refractivity contribution is -0.499. The number of carbonyl (C=O) groups excluding carboxylic acids is 1. The zero-order valence-corrected chi connectivity index (χ0v) is 13.4. The Labute approximate surface area is 143 Å². The Kier molecular flexibility index (Phi) is 5.37. The highest BCUT2D eigenvalue weighted by molar-refractivity contribution is 5.81. The SMILES string of the molecule is C=CC(=O)OC1C(F)(F)C(C2CCCCC2)OC(O)(C(F)(F)F)C1(F)F. The number of alkyl halides is 7. The highest BCUT2D eigenvalue weighted by Crippen LogP contribution is 2.56. The second kappa shape index (κ2) is 6.66. The van der Waals surface area contributed by atoms with Gasteiger partial charge in [-0.05, 0) is 18.8 Å². The molecule has 3 atom stereocenters. The van der Waals surface area contributed by atoms with E-state index in [1.165, 1.54) is 0 Å². The van der Waals surface area contributed by atoms with Gasteiger partial charge in [0.15, 0.2) is 0 Å². The Balaban J connectivity index is 2.54. The maximum atomic E-state index is 14.6. The minimum Gasteiger partial charge on any atom is -0.446 e. The zero-order chi connectivity index (χ0) is 20.0. The van der Waals surface area contributed by atoms with Gasteiger partial charge in [0.1, 0.15) is 6.10 Å². The van der Waals surface area contributed by atoms with Crippen molar-refractivity contribution in [3.63, 3.8) is 0 Å². The molecule has 2 rings (SSSR count). The largest absolute Gasteiger partial charge is 0.449 e. The van der Waals surface area contributed by atoms with E-state index in [-0.39, 0.29) is 18.9 Å². The van der Waals surface area contributed by atoms with Crippen LogP contribution in [-0.4, -0.2) is 47.1 Å². The number of rotatable bonds is 3. The van der Waals surface area contributed by atoms with Crippen LogP contribution < -0.4 is 0 Å². The van der Waals surface area contributed by atoms with Gasteiger partial charge in [-0.1, -0.05) is 25.8 Å². The molecule has 2 aliphatic rings. The summed E-state index contributed by atoms with van der Waals surface area (Å²) in [5.41, 5.74) is 0. The van der Waals surface area contributed by atoms with Crippen molar-refractivity contribution in [1.29, 1.82) is 0 Å². The van der Waals surface area contributed by atoms with Gasteiger partial charge < -0.3 is 14.6 Å². The maximum Gasteiger partial charge on any atom is 0.449 e. The van der Waals surface area contributed by atoms with Crippen molar-refractivity contribution in [2.24, 2.45) is 5.92 Å². The molecule has 0 bridgehead atoms. The summed E-state index contributed by atoms with van der Waals surface area (Å²) < 4.78 is 105. The first-order valence-corrected chi connectivity index (χ1v) is 7.84. The van der Waals surface area contributed by atoms with E-state index in [0.717, 1.165) is 0 Å². The minimum absolute atomic E-state index is 0.00187. The number of hydrogen-bond acceptors (Lipinski definition) is 4. The fourth-order valence-electron chi connectivity index (χ4n) is 3.33. The quantitative estimate of drug-likeness (QED) is 0.452. The average Bonchev–Trinajstić information content (AvgIpc) is 2.55. The second-order valence-electron chi connectivity index (χ2n) is 6.40. The van der Waals surface area contributed by atoms with Crippen LogP contribution in [0.2, 0.25) is 0 Å². The Morgan fingerprint density at radius 1 is 1.15 bits per heavy atom. The molecule has 1 N–H and O–H groups in total. The van der Waals surface area contributed by atoms with Gasteiger partial charge in [0, 0.05) is 6.08 Å². The van der Waals surface area contributed by atoms with Crippen molar-refractivity contribution < 1.29 is 50.1 Å². The molecule has 0 radical (unpaired) electrons. The van der Waals surface area contributed by atoms with E-state index in [1.54, 1.807) is 0 Å². The van der Waals surface area contributed by atoms with E-state index in [0.29, 0.717) is 19.3 Å². The third-order valence-electron chi connectivity index (χ3n) is 4.67. The first kappa shape index (κ1) is 20.9. The lowest BCUT2D eigenvalue weighted by Gasteiger charge is -2.51. The highest BCUT2D eigenvalue weighted by Gasteiger charge is 2.84. The smallest absolute Gasteiger partial charge is 0.446 e. The van der Waals surface area contributed by atoms with E-state index < -0.39 is 47.9 Å². The predicted octanol–water partition coefficient (Wildman–Crippen LogP) is 3.58. The van der Waals surface area contributed by atoms with Crippen LogP contribution in [0.3, 0.4) is 0 Å². The Hall–Kier alpha value is -1.36. The van der Waals surface area contributed by atoms with E-state index in [2.05, 4.69) is 16.1 Å². The van der Waals surface area contributed by atoms with Crippen LogP contribution >= 0.6 is 0 Å². The normalized spacial score (nSPS) is 34.9. The summed E-state index contributed by atoms with van der Waals surface area (Å²) in [6.07, 6.45) is -11.0. The van der Waals surface area contributed by atoms with Crippen LogP contribution in [0.5, 0.6) is 0 Å². The van der Waals surface area contributed by atoms with Crippen molar-refractivity contribution in [2.45, 2.75) is 68.1 Å². The minimum atomic E-state index is -6.11. The Morgan fingerprint density at radius 3 is 2.15 bits per heavy atom. The van der Waals surface area contributed by atoms with Crippen molar-refractivity contribution in [1.82, 2.24) is 0 Å². The molecule has 1 saturated heterocycles. The number of aliphatic hydroxyl groups is 1. The van der Waals surface area contributed by atoms with Crippen molar-refractivity contribution in [2.75, 3.05) is 0 Å². The highest BCUT2D eigenvalue weighted by atomic mass is 19.4. The number of esters is 1. The summed E-state index contributed by atoms with van der Waals surface area (Å²) in [4.78, 5) is 11.2. The molecule has 1 saturated carbocycles. The van der Waals surface area contributed by atoms with Crippen molar-refractivity contribution in [3.05, 3.63) is 12.7 Å². The van der Waals surface area contributed by atoms with Gasteiger partial charge in [-0.25, -0.2) is 4.79 Å². The Morgan fingerprint density at radius 2 is 1.69 bits per heavy atom. The fourth-order valence-corrected chi connectivity index (χ4v) is 3.33. The number of hydrogen-bond donors (Lipinski definition) is 1. The number of carbonyl (C=O) groups is 1. The molecule has 4 nitrogen and oxygen atoms in total. The molecule has 1 heterocycles. The van der Waals surface area contributed by atoms with Crippen LogP contribution in [0.1, 0.15) is 32.1 Å². The zero-order valence-electron chi connectivity index (χ0n) is 13.4. The molecule has 0 amide bonds. The van der Waals surface area contributed by atoms with Gasteiger partial charge in [0.25, 0.3) is 0 Å². The second-order valence-corrected chi connectivity index (χ2v) is 6.40. The molecule has 0 aromatic heterocycles. The standard InChI is InChI=1S/C15H17F7O4/c1-2-9(23)25-11-12(16,17)10(8-6-4-3-5-7-8)26-14(24,13(11,18)19)15(20,21)22/h2,8,10-11,24H,1,3-7H2. The number of ether oxygens (including phenoxy) is 2. The number of halogens is 7. The van der Waals surface area contributed by atoms with Crippen LogP contribution in [0.4, 0.5) is 30.7 Å². The van der Waals surface area contributed by atoms with Crippen LogP contribution in [0, 0.1) is 5.92 Å². The van der Waals surface area contributed by atoms with Gasteiger partial charge in [0.2, 0.25) is 6.10 Å². The maximum absolute atomic E-state index is 14.6. The van der Waals surface area contributed by atoms with E-state index >= 15 is 0 Å². The molecule has 11 heteroatoms. The molecule has 26 heavy (non-hydrogen) atoms. The monoisotopic (exact) mass is 394 g/mol. The van der Waals surface area contributed by atoms with Gasteiger partial charge >= 0.3 is 29.8 Å². The molecular weight excluding hydrogens is 377 g/mol. The molecule has 150 valence electrons. The summed E-state index contributed by atoms with van der Waals surface area (Å²) in [5, 5.41) is 9.58. The van der Waals surface area contributed by atoms with E-state index in [1.807, 2.05) is 0 Å². The lowest BCUT2D eigenvalue weighted by Crippen LogP contribution is -2.77. The summed E-state index contributed by atoms with van der Waals surface area (Å²) in [6, 6.07) is 0. The summed E-state index contributed by atoms with van der Waals surface area (Å²) in [5.74, 6) is -18.5. The molecule has 1 aliphatic carbocycles. The van der Waals surface area contributed by atoms with E-state index in [4.69, 9.17) is 0 Å². The summed E-state index contributed by atoms with van der Waals surface area (Å²) in [6.45, 7) is 2.84. The molecule has 2 fully saturated rings. The third-order valence-corrected chi connectivity index (χ3v) is 4.67. The van der Waals surface area contributed by atoms with Gasteiger partial charge in [-0.15, -0.1) is 0 Å².